The maximum Gasteiger partial charge on any atom is 0.240 e. The molecule has 21 heavy (non-hydrogen) atoms. The Kier molecular flexibility index (Phi) is 7.71. The van der Waals surface area contributed by atoms with Crippen LogP contribution >= 0.6 is 0 Å². The van der Waals surface area contributed by atoms with E-state index in [1.807, 2.05) is 6.92 Å². The molecule has 0 aliphatic rings. The molecule has 1 aromatic carbocycles. The maximum absolute atomic E-state index is 12.2. The Hall–Kier alpha value is -1.11. The number of unbranched alkanes of at least 4 members (excludes halogenated alkanes) is 2. The van der Waals surface area contributed by atoms with Gasteiger partial charge in [0.15, 0.2) is 0 Å². The Morgan fingerprint density at radius 2 is 1.95 bits per heavy atom. The molecule has 6 heteroatoms. The third-order valence-corrected chi connectivity index (χ3v) is 4.51. The molecule has 120 valence electrons. The van der Waals surface area contributed by atoms with Gasteiger partial charge in [-0.2, -0.15) is 0 Å². The van der Waals surface area contributed by atoms with E-state index in [9.17, 15) is 13.5 Å². The van der Waals surface area contributed by atoms with E-state index >= 15 is 0 Å². The minimum absolute atomic E-state index is 0.159. The molecule has 2 N–H and O–H groups in total. The van der Waals surface area contributed by atoms with Crippen molar-refractivity contribution in [2.75, 3.05) is 13.2 Å². The first-order chi connectivity index (χ1) is 10.0. The summed E-state index contributed by atoms with van der Waals surface area (Å²) in [7, 11) is -3.53. The molecule has 0 heterocycles. The molecule has 1 rings (SSSR count). The number of hydrogen-bond donors (Lipinski definition) is 2. The van der Waals surface area contributed by atoms with E-state index in [0.29, 0.717) is 24.5 Å². The second kappa shape index (κ2) is 9.02. The Morgan fingerprint density at radius 1 is 1.19 bits per heavy atom. The zero-order valence-electron chi connectivity index (χ0n) is 12.8. The van der Waals surface area contributed by atoms with Crippen molar-refractivity contribution >= 4 is 10.0 Å². The molecular formula is C15H25NO4S. The molecule has 0 saturated carbocycles. The Morgan fingerprint density at radius 3 is 2.57 bits per heavy atom. The molecule has 0 amide bonds. The lowest BCUT2D eigenvalue weighted by atomic mass is 10.2. The lowest BCUT2D eigenvalue weighted by Gasteiger charge is -2.12. The smallest absolute Gasteiger partial charge is 0.240 e. The fraction of sp³-hybridized carbons (Fsp3) is 0.600. The molecule has 0 aromatic heterocycles. The highest BCUT2D eigenvalue weighted by Crippen LogP contribution is 2.23. The van der Waals surface area contributed by atoms with E-state index in [-0.39, 0.29) is 11.5 Å². The van der Waals surface area contributed by atoms with Gasteiger partial charge in [0.05, 0.1) is 18.1 Å². The lowest BCUT2D eigenvalue weighted by Crippen LogP contribution is -2.25. The summed E-state index contributed by atoms with van der Waals surface area (Å²) in [5.74, 6) is 0.532. The van der Waals surface area contributed by atoms with Crippen LogP contribution in [0.3, 0.4) is 0 Å². The number of ether oxygens (including phenoxy) is 1. The molecule has 0 saturated heterocycles. The first-order valence-corrected chi connectivity index (χ1v) is 8.89. The summed E-state index contributed by atoms with van der Waals surface area (Å²) in [6, 6.07) is 4.57. The monoisotopic (exact) mass is 315 g/mol. The first-order valence-electron chi connectivity index (χ1n) is 7.41. The van der Waals surface area contributed by atoms with E-state index in [4.69, 9.17) is 4.74 Å². The SMILES string of the molecule is CCCCCNS(=O)(=O)c1ccc(OCCC)c(CO)c1. The van der Waals surface area contributed by atoms with Crippen molar-refractivity contribution in [2.45, 2.75) is 51.0 Å². The van der Waals surface area contributed by atoms with Crippen molar-refractivity contribution in [2.24, 2.45) is 0 Å². The van der Waals surface area contributed by atoms with Crippen LogP contribution in [0.5, 0.6) is 5.75 Å². The molecule has 0 bridgehead atoms. The van der Waals surface area contributed by atoms with Crippen LogP contribution < -0.4 is 9.46 Å². The molecule has 1 aromatic rings. The van der Waals surface area contributed by atoms with Crippen molar-refractivity contribution in [3.05, 3.63) is 23.8 Å². The molecule has 0 aliphatic carbocycles. The molecule has 0 fully saturated rings. The normalized spacial score (nSPS) is 11.6. The van der Waals surface area contributed by atoms with E-state index in [2.05, 4.69) is 11.6 Å². The van der Waals surface area contributed by atoms with Gasteiger partial charge in [-0.05, 0) is 31.0 Å². The third kappa shape index (κ3) is 5.65. The highest BCUT2D eigenvalue weighted by Gasteiger charge is 2.15. The minimum Gasteiger partial charge on any atom is -0.493 e. The van der Waals surface area contributed by atoms with Crippen molar-refractivity contribution in [3.63, 3.8) is 0 Å². The number of aliphatic hydroxyl groups excluding tert-OH is 1. The van der Waals surface area contributed by atoms with E-state index < -0.39 is 10.0 Å². The summed E-state index contributed by atoms with van der Waals surface area (Å²) in [5.41, 5.74) is 0.486. The van der Waals surface area contributed by atoms with Crippen LogP contribution in [0.25, 0.3) is 0 Å². The number of sulfonamides is 1. The predicted molar refractivity (Wildman–Crippen MR) is 82.9 cm³/mol. The summed E-state index contributed by atoms with van der Waals surface area (Å²) in [4.78, 5) is 0.159. The van der Waals surface area contributed by atoms with Crippen LogP contribution in [0, 0.1) is 0 Å². The lowest BCUT2D eigenvalue weighted by molar-refractivity contribution is 0.262. The molecule has 0 spiro atoms. The fourth-order valence-corrected chi connectivity index (χ4v) is 2.99. The largest absolute Gasteiger partial charge is 0.493 e. The number of hydrogen-bond acceptors (Lipinski definition) is 4. The van der Waals surface area contributed by atoms with Crippen LogP contribution in [0.1, 0.15) is 45.1 Å². The zero-order valence-corrected chi connectivity index (χ0v) is 13.6. The predicted octanol–water partition coefficient (Wildman–Crippen LogP) is 2.44. The van der Waals surface area contributed by atoms with Gasteiger partial charge >= 0.3 is 0 Å². The summed E-state index contributed by atoms with van der Waals surface area (Å²) >= 11 is 0. The third-order valence-electron chi connectivity index (χ3n) is 3.05. The van der Waals surface area contributed by atoms with Crippen molar-refractivity contribution in [1.82, 2.24) is 4.72 Å². The highest BCUT2D eigenvalue weighted by molar-refractivity contribution is 7.89. The highest BCUT2D eigenvalue weighted by atomic mass is 32.2. The molecule has 0 atom stereocenters. The maximum atomic E-state index is 12.2. The molecule has 0 aliphatic heterocycles. The number of benzene rings is 1. The number of nitrogens with one attached hydrogen (secondary N) is 1. The molecule has 5 nitrogen and oxygen atoms in total. The van der Waals surface area contributed by atoms with Gasteiger partial charge in [-0.3, -0.25) is 0 Å². The fourth-order valence-electron chi connectivity index (χ4n) is 1.86. The second-order valence-corrected chi connectivity index (χ2v) is 6.65. The van der Waals surface area contributed by atoms with E-state index in [1.54, 1.807) is 6.07 Å². The van der Waals surface area contributed by atoms with Gasteiger partial charge in [0.25, 0.3) is 0 Å². The summed E-state index contributed by atoms with van der Waals surface area (Å²) < 4.78 is 32.4. The minimum atomic E-state index is -3.53. The molecule has 0 radical (unpaired) electrons. The van der Waals surface area contributed by atoms with Crippen molar-refractivity contribution in [3.8, 4) is 5.75 Å². The van der Waals surface area contributed by atoms with Gasteiger partial charge in [0, 0.05) is 12.1 Å². The van der Waals surface area contributed by atoms with E-state index in [1.165, 1.54) is 12.1 Å². The van der Waals surface area contributed by atoms with Gasteiger partial charge in [-0.15, -0.1) is 0 Å². The van der Waals surface area contributed by atoms with Gasteiger partial charge < -0.3 is 9.84 Å². The topological polar surface area (TPSA) is 75.6 Å². The van der Waals surface area contributed by atoms with Gasteiger partial charge in [0.2, 0.25) is 10.0 Å². The van der Waals surface area contributed by atoms with Gasteiger partial charge in [0.1, 0.15) is 5.75 Å². The Labute approximate surface area is 127 Å². The van der Waals surface area contributed by atoms with Crippen molar-refractivity contribution in [1.29, 1.82) is 0 Å². The molecule has 0 unspecified atom stereocenters. The molecular weight excluding hydrogens is 290 g/mol. The quantitative estimate of drug-likeness (QED) is 0.650. The number of aliphatic hydroxyl groups is 1. The van der Waals surface area contributed by atoms with Crippen LogP contribution in [0.2, 0.25) is 0 Å². The van der Waals surface area contributed by atoms with Gasteiger partial charge in [-0.25, -0.2) is 13.1 Å². The zero-order chi connectivity index (χ0) is 15.7. The Bertz CT molecular complexity index is 528. The summed E-state index contributed by atoms with van der Waals surface area (Å²) in [6.07, 6.45) is 3.71. The Balaban J connectivity index is 2.82. The average Bonchev–Trinajstić information content (AvgIpc) is 2.49. The van der Waals surface area contributed by atoms with Crippen LogP contribution in [0.4, 0.5) is 0 Å². The number of rotatable bonds is 10. The standard InChI is InChI=1S/C15H25NO4S/c1-3-5-6-9-16-21(18,19)14-7-8-15(20-10-4-2)13(11-14)12-17/h7-8,11,16-17H,3-6,9-10,12H2,1-2H3. The van der Waals surface area contributed by atoms with Crippen LogP contribution in [0.15, 0.2) is 23.1 Å². The average molecular weight is 315 g/mol. The van der Waals surface area contributed by atoms with Crippen molar-refractivity contribution < 1.29 is 18.3 Å². The second-order valence-electron chi connectivity index (χ2n) is 4.88. The summed E-state index contributed by atoms with van der Waals surface area (Å²) in [5, 5.41) is 9.36. The first kappa shape index (κ1) is 17.9. The van der Waals surface area contributed by atoms with Gasteiger partial charge in [-0.1, -0.05) is 26.7 Å². The van der Waals surface area contributed by atoms with E-state index in [0.717, 1.165) is 25.7 Å². The van der Waals surface area contributed by atoms with Crippen LogP contribution in [-0.4, -0.2) is 26.7 Å². The summed E-state index contributed by atoms with van der Waals surface area (Å²) in [6.45, 7) is 4.76. The van der Waals surface area contributed by atoms with Crippen LogP contribution in [-0.2, 0) is 16.6 Å².